The summed E-state index contributed by atoms with van der Waals surface area (Å²) in [5, 5.41) is 11.3. The predicted molar refractivity (Wildman–Crippen MR) is 86.4 cm³/mol. The number of anilines is 1. The van der Waals surface area contributed by atoms with Gasteiger partial charge in [0.05, 0.1) is 5.92 Å². The molecule has 1 saturated heterocycles. The summed E-state index contributed by atoms with van der Waals surface area (Å²) in [6.07, 6.45) is 0.102. The summed E-state index contributed by atoms with van der Waals surface area (Å²) in [4.78, 5) is 36.9. The summed E-state index contributed by atoms with van der Waals surface area (Å²) < 4.78 is 0. The summed E-state index contributed by atoms with van der Waals surface area (Å²) in [5.41, 5.74) is 3.97. The van der Waals surface area contributed by atoms with Gasteiger partial charge in [0.1, 0.15) is 6.04 Å². The second-order valence-electron chi connectivity index (χ2n) is 6.22. The Morgan fingerprint density at radius 3 is 2.35 bits per heavy atom. The van der Waals surface area contributed by atoms with Crippen LogP contribution in [0.2, 0.25) is 0 Å². The van der Waals surface area contributed by atoms with Crippen molar-refractivity contribution in [2.24, 2.45) is 5.92 Å². The van der Waals surface area contributed by atoms with Crippen LogP contribution in [0.4, 0.5) is 5.69 Å². The lowest BCUT2D eigenvalue weighted by Gasteiger charge is -2.22. The largest absolute Gasteiger partial charge is 0.480 e. The van der Waals surface area contributed by atoms with Crippen molar-refractivity contribution in [3.8, 4) is 0 Å². The molecule has 23 heavy (non-hydrogen) atoms. The minimum Gasteiger partial charge on any atom is -0.480 e. The normalized spacial score (nSPS) is 18.9. The summed E-state index contributed by atoms with van der Waals surface area (Å²) in [6, 6.07) is 3.06. The van der Waals surface area contributed by atoms with Crippen molar-refractivity contribution in [1.82, 2.24) is 5.32 Å². The van der Waals surface area contributed by atoms with E-state index >= 15 is 0 Å². The van der Waals surface area contributed by atoms with Crippen molar-refractivity contribution >= 4 is 23.5 Å². The van der Waals surface area contributed by atoms with E-state index in [1.165, 1.54) is 6.92 Å². The number of amides is 2. The predicted octanol–water partition coefficient (Wildman–Crippen LogP) is 1.55. The molecule has 2 N–H and O–H groups in total. The first-order valence-corrected chi connectivity index (χ1v) is 7.62. The van der Waals surface area contributed by atoms with Gasteiger partial charge in [-0.3, -0.25) is 14.4 Å². The Morgan fingerprint density at radius 2 is 1.83 bits per heavy atom. The second-order valence-corrected chi connectivity index (χ2v) is 6.22. The van der Waals surface area contributed by atoms with Gasteiger partial charge in [-0.1, -0.05) is 17.7 Å². The van der Waals surface area contributed by atoms with E-state index in [2.05, 4.69) is 5.32 Å². The lowest BCUT2D eigenvalue weighted by Crippen LogP contribution is -2.42. The molecule has 0 aromatic heterocycles. The van der Waals surface area contributed by atoms with E-state index in [0.717, 1.165) is 22.4 Å². The zero-order chi connectivity index (χ0) is 17.3. The average molecular weight is 318 g/mol. The van der Waals surface area contributed by atoms with Gasteiger partial charge in [0.15, 0.2) is 0 Å². The quantitative estimate of drug-likeness (QED) is 0.882. The fourth-order valence-electron chi connectivity index (χ4n) is 3.09. The van der Waals surface area contributed by atoms with Crippen molar-refractivity contribution < 1.29 is 19.5 Å². The highest BCUT2D eigenvalue weighted by molar-refractivity contribution is 6.01. The Balaban J connectivity index is 2.18. The van der Waals surface area contributed by atoms with Crippen molar-refractivity contribution in [2.75, 3.05) is 11.4 Å². The maximum atomic E-state index is 12.3. The van der Waals surface area contributed by atoms with Crippen LogP contribution in [0, 0.1) is 26.7 Å². The summed E-state index contributed by atoms with van der Waals surface area (Å²) in [5.74, 6) is -2.12. The van der Waals surface area contributed by atoms with Gasteiger partial charge in [0.25, 0.3) is 0 Å². The molecule has 1 aromatic carbocycles. The Kier molecular flexibility index (Phi) is 4.73. The number of aliphatic carboxylic acids is 1. The van der Waals surface area contributed by atoms with Crippen LogP contribution in [0.1, 0.15) is 30.0 Å². The molecule has 0 saturated carbocycles. The molecule has 0 bridgehead atoms. The molecule has 2 rings (SSSR count). The van der Waals surface area contributed by atoms with Crippen LogP contribution < -0.4 is 10.2 Å². The average Bonchev–Trinajstić information content (AvgIpc) is 2.79. The number of carboxylic acid groups (broad SMARTS) is 1. The second kappa shape index (κ2) is 6.40. The number of carboxylic acids is 1. The lowest BCUT2D eigenvalue weighted by atomic mass is 10.0. The third kappa shape index (κ3) is 3.52. The molecule has 6 heteroatoms. The zero-order valence-corrected chi connectivity index (χ0v) is 13.8. The first kappa shape index (κ1) is 17.0. The molecule has 0 spiro atoms. The standard InChI is InChI=1S/C17H22N2O4/c1-9-5-10(2)15(11(3)6-9)19-8-13(7-14(19)20)16(21)18-12(4)17(22)23/h5-6,12-13H,7-8H2,1-4H3,(H,18,21)(H,22,23)/t12-,13+/m0/s1. The summed E-state index contributed by atoms with van der Waals surface area (Å²) in [7, 11) is 0. The van der Waals surface area contributed by atoms with Crippen LogP contribution in [-0.2, 0) is 14.4 Å². The van der Waals surface area contributed by atoms with E-state index in [0.29, 0.717) is 0 Å². The van der Waals surface area contributed by atoms with Crippen LogP contribution in [0.15, 0.2) is 12.1 Å². The number of hydrogen-bond donors (Lipinski definition) is 2. The maximum absolute atomic E-state index is 12.3. The number of carbonyl (C=O) groups is 3. The topological polar surface area (TPSA) is 86.7 Å². The first-order valence-electron chi connectivity index (χ1n) is 7.62. The van der Waals surface area contributed by atoms with E-state index < -0.39 is 23.8 Å². The van der Waals surface area contributed by atoms with Crippen LogP contribution in [0.25, 0.3) is 0 Å². The summed E-state index contributed by atoms with van der Waals surface area (Å²) >= 11 is 0. The molecule has 0 aliphatic carbocycles. The van der Waals surface area contributed by atoms with Crippen molar-refractivity contribution in [3.63, 3.8) is 0 Å². The zero-order valence-electron chi connectivity index (χ0n) is 13.8. The van der Waals surface area contributed by atoms with E-state index in [-0.39, 0.29) is 18.9 Å². The van der Waals surface area contributed by atoms with E-state index in [1.54, 1.807) is 4.90 Å². The molecular formula is C17H22N2O4. The molecule has 0 radical (unpaired) electrons. The van der Waals surface area contributed by atoms with E-state index in [9.17, 15) is 14.4 Å². The molecule has 1 fully saturated rings. The van der Waals surface area contributed by atoms with Crippen LogP contribution in [-0.4, -0.2) is 35.5 Å². The smallest absolute Gasteiger partial charge is 0.325 e. The van der Waals surface area contributed by atoms with Gasteiger partial charge < -0.3 is 15.3 Å². The number of benzene rings is 1. The highest BCUT2D eigenvalue weighted by atomic mass is 16.4. The van der Waals surface area contributed by atoms with Gasteiger partial charge in [0.2, 0.25) is 11.8 Å². The lowest BCUT2D eigenvalue weighted by molar-refractivity contribution is -0.141. The first-order chi connectivity index (χ1) is 10.7. The number of aryl methyl sites for hydroxylation is 3. The molecular weight excluding hydrogens is 296 g/mol. The third-order valence-corrected chi connectivity index (χ3v) is 4.13. The van der Waals surface area contributed by atoms with Crippen molar-refractivity contribution in [2.45, 2.75) is 40.2 Å². The molecule has 1 aliphatic heterocycles. The molecule has 124 valence electrons. The fraction of sp³-hybridized carbons (Fsp3) is 0.471. The number of rotatable bonds is 4. The molecule has 0 unspecified atom stereocenters. The Morgan fingerprint density at radius 1 is 1.26 bits per heavy atom. The third-order valence-electron chi connectivity index (χ3n) is 4.13. The molecule has 6 nitrogen and oxygen atoms in total. The molecule has 1 heterocycles. The molecule has 2 atom stereocenters. The fourth-order valence-corrected chi connectivity index (χ4v) is 3.09. The van der Waals surface area contributed by atoms with Gasteiger partial charge in [0, 0.05) is 18.7 Å². The van der Waals surface area contributed by atoms with Crippen LogP contribution in [0.5, 0.6) is 0 Å². The highest BCUT2D eigenvalue weighted by Gasteiger charge is 2.37. The summed E-state index contributed by atoms with van der Waals surface area (Å²) in [6.45, 7) is 7.58. The van der Waals surface area contributed by atoms with Gasteiger partial charge in [-0.15, -0.1) is 0 Å². The van der Waals surface area contributed by atoms with Crippen LogP contribution in [0.3, 0.4) is 0 Å². The molecule has 1 aliphatic rings. The number of hydrogen-bond acceptors (Lipinski definition) is 3. The monoisotopic (exact) mass is 318 g/mol. The minimum absolute atomic E-state index is 0.102. The Hall–Kier alpha value is -2.37. The van der Waals surface area contributed by atoms with Crippen molar-refractivity contribution in [1.29, 1.82) is 0 Å². The Bertz CT molecular complexity index is 646. The number of nitrogens with zero attached hydrogens (tertiary/aromatic N) is 1. The minimum atomic E-state index is -1.09. The van der Waals surface area contributed by atoms with E-state index in [4.69, 9.17) is 5.11 Å². The van der Waals surface area contributed by atoms with Gasteiger partial charge in [-0.25, -0.2) is 0 Å². The Labute approximate surface area is 135 Å². The van der Waals surface area contributed by atoms with Gasteiger partial charge >= 0.3 is 5.97 Å². The van der Waals surface area contributed by atoms with Gasteiger partial charge in [-0.2, -0.15) is 0 Å². The van der Waals surface area contributed by atoms with Crippen LogP contribution >= 0.6 is 0 Å². The van der Waals surface area contributed by atoms with Gasteiger partial charge in [-0.05, 0) is 38.8 Å². The molecule has 1 aromatic rings. The SMILES string of the molecule is Cc1cc(C)c(N2C[C@H](C(=O)N[C@@H](C)C(=O)O)CC2=O)c(C)c1. The number of nitrogens with one attached hydrogen (secondary N) is 1. The maximum Gasteiger partial charge on any atom is 0.325 e. The highest BCUT2D eigenvalue weighted by Crippen LogP contribution is 2.31. The van der Waals surface area contributed by atoms with Crippen molar-refractivity contribution in [3.05, 3.63) is 28.8 Å². The molecule has 2 amide bonds. The number of carbonyl (C=O) groups excluding carboxylic acids is 2. The van der Waals surface area contributed by atoms with E-state index in [1.807, 2.05) is 32.9 Å².